The van der Waals surface area contributed by atoms with Gasteiger partial charge in [-0.2, -0.15) is 0 Å². The Labute approximate surface area is 295 Å². The van der Waals surface area contributed by atoms with Crippen LogP contribution in [0.5, 0.6) is 0 Å². The van der Waals surface area contributed by atoms with Gasteiger partial charge >= 0.3 is 5.97 Å². The molecule has 3 aliphatic heterocycles. The Bertz CT molecular complexity index is 1560. The molecular weight excluding hydrogens is 634 g/mol. The van der Waals surface area contributed by atoms with Crippen LogP contribution >= 0.6 is 0 Å². The first-order valence-electron chi connectivity index (χ1n) is 17.8. The first-order valence-corrected chi connectivity index (χ1v) is 17.8. The Morgan fingerprint density at radius 2 is 1.80 bits per heavy atom. The lowest BCUT2D eigenvalue weighted by Crippen LogP contribution is -2.56. The van der Waals surface area contributed by atoms with E-state index in [9.17, 15) is 24.3 Å². The van der Waals surface area contributed by atoms with E-state index in [1.54, 1.807) is 28.9 Å². The molecular formula is C40H51N3O7. The fourth-order valence-corrected chi connectivity index (χ4v) is 8.25. The zero-order valence-electron chi connectivity index (χ0n) is 29.5. The van der Waals surface area contributed by atoms with Crippen molar-refractivity contribution in [2.75, 3.05) is 24.6 Å². The van der Waals surface area contributed by atoms with Crippen LogP contribution in [-0.2, 0) is 28.7 Å². The highest BCUT2D eigenvalue weighted by molar-refractivity contribution is 6.05. The molecule has 10 heteroatoms. The molecule has 0 unspecified atom stereocenters. The van der Waals surface area contributed by atoms with Gasteiger partial charge in [-0.25, -0.2) is 0 Å². The number of likely N-dealkylation sites (tertiary alicyclic amines) is 1. The van der Waals surface area contributed by atoms with Crippen molar-refractivity contribution < 1.29 is 33.8 Å². The van der Waals surface area contributed by atoms with Crippen molar-refractivity contribution in [3.63, 3.8) is 0 Å². The summed E-state index contributed by atoms with van der Waals surface area (Å²) in [5, 5.41) is 12.4. The second-order valence-electron chi connectivity index (χ2n) is 13.8. The summed E-state index contributed by atoms with van der Waals surface area (Å²) in [4.78, 5) is 59.8. The molecule has 5 rings (SSSR count). The van der Waals surface area contributed by atoms with Crippen LogP contribution in [0.2, 0.25) is 0 Å². The van der Waals surface area contributed by atoms with Crippen molar-refractivity contribution >= 4 is 29.4 Å². The molecule has 3 aliphatic rings. The lowest BCUT2D eigenvalue weighted by molar-refractivity contribution is -0.162. The third kappa shape index (κ3) is 7.14. The van der Waals surface area contributed by atoms with Gasteiger partial charge in [-0.3, -0.25) is 19.2 Å². The zero-order valence-corrected chi connectivity index (χ0v) is 29.5. The number of aliphatic hydroxyl groups excluding tert-OH is 1. The van der Waals surface area contributed by atoms with Crippen molar-refractivity contribution in [1.82, 2.24) is 10.2 Å². The molecule has 0 radical (unpaired) electrons. The van der Waals surface area contributed by atoms with E-state index >= 15 is 0 Å². The molecule has 50 heavy (non-hydrogen) atoms. The average Bonchev–Trinajstić information content (AvgIpc) is 3.75. The number of para-hydroxylation sites is 1. The van der Waals surface area contributed by atoms with Crippen molar-refractivity contribution in [1.29, 1.82) is 0 Å². The monoisotopic (exact) mass is 685 g/mol. The highest BCUT2D eigenvalue weighted by Gasteiger charge is 2.75. The van der Waals surface area contributed by atoms with E-state index in [1.165, 1.54) is 0 Å². The number of hydrogen-bond donors (Lipinski definition) is 2. The Hall–Kier alpha value is -4.28. The molecule has 3 heterocycles. The smallest absolute Gasteiger partial charge is 0.313 e. The molecule has 2 bridgehead atoms. The third-order valence-electron chi connectivity index (χ3n) is 10.4. The largest absolute Gasteiger partial charge is 0.455 e. The number of unbranched alkanes of at least 4 members (excludes halogenated alkanes) is 2. The number of esters is 1. The number of nitrogens with one attached hydrogen (secondary N) is 1. The number of nitrogens with zero attached hydrogens (tertiary/aromatic N) is 2. The van der Waals surface area contributed by atoms with Crippen LogP contribution in [0, 0.1) is 25.7 Å². The van der Waals surface area contributed by atoms with Crippen LogP contribution in [0.15, 0.2) is 73.8 Å². The molecule has 3 fully saturated rings. The molecule has 2 aromatic rings. The van der Waals surface area contributed by atoms with Gasteiger partial charge in [-0.05, 0) is 76.0 Å². The second-order valence-corrected chi connectivity index (χ2v) is 13.8. The summed E-state index contributed by atoms with van der Waals surface area (Å²) in [5.41, 5.74) is 2.11. The molecule has 2 aromatic carbocycles. The maximum absolute atomic E-state index is 14.9. The van der Waals surface area contributed by atoms with Gasteiger partial charge in [0.15, 0.2) is 0 Å². The van der Waals surface area contributed by atoms with Crippen molar-refractivity contribution in [3.05, 3.63) is 90.5 Å². The highest BCUT2D eigenvalue weighted by atomic mass is 16.6. The molecule has 10 nitrogen and oxygen atoms in total. The number of fused-ring (bicyclic) bond motifs is 1. The fourth-order valence-electron chi connectivity index (χ4n) is 8.25. The standard InChI is InChI=1S/C40H51N3O7/c1-6-8-20-31(45)41-28(5)35(29-18-11-9-12-19-29)49-39(48)32-30-21-22-40(50-30)33(32)37(46)43(24-13-10-14-25-44)36(40)38(47)42(23-7-2)34-26(3)16-15-17-27(34)4/h6-7,9,11-12,15-19,28,30,32-33,35-36,44H,1-2,8,10,13-14,20-25H2,3-5H3,(H,41,45)/t28-,30+,32-,33-,35-,36+,40-/m1/s1. The maximum atomic E-state index is 14.9. The molecule has 3 amide bonds. The Kier molecular flexibility index (Phi) is 12.0. The van der Waals surface area contributed by atoms with Gasteiger partial charge < -0.3 is 29.7 Å². The molecule has 268 valence electrons. The lowest BCUT2D eigenvalue weighted by atomic mass is 9.70. The van der Waals surface area contributed by atoms with E-state index in [1.807, 2.05) is 62.4 Å². The van der Waals surface area contributed by atoms with Crippen LogP contribution < -0.4 is 10.2 Å². The van der Waals surface area contributed by atoms with Gasteiger partial charge in [-0.1, -0.05) is 60.7 Å². The van der Waals surface area contributed by atoms with Crippen LogP contribution in [0.1, 0.15) is 74.7 Å². The van der Waals surface area contributed by atoms with Crippen LogP contribution in [-0.4, -0.2) is 77.2 Å². The van der Waals surface area contributed by atoms with Gasteiger partial charge in [0, 0.05) is 31.8 Å². The lowest BCUT2D eigenvalue weighted by Gasteiger charge is -2.37. The summed E-state index contributed by atoms with van der Waals surface area (Å²) in [7, 11) is 0. The second kappa shape index (κ2) is 16.2. The number of benzene rings is 2. The number of hydrogen-bond acceptors (Lipinski definition) is 7. The summed E-state index contributed by atoms with van der Waals surface area (Å²) < 4.78 is 13.0. The molecule has 3 saturated heterocycles. The van der Waals surface area contributed by atoms with E-state index < -0.39 is 47.7 Å². The number of aryl methyl sites for hydroxylation is 2. The van der Waals surface area contributed by atoms with Gasteiger partial charge in [-0.15, -0.1) is 13.2 Å². The highest BCUT2D eigenvalue weighted by Crippen LogP contribution is 2.59. The first-order chi connectivity index (χ1) is 24.1. The number of aliphatic hydroxyl groups is 1. The van der Waals surface area contributed by atoms with E-state index in [4.69, 9.17) is 9.47 Å². The minimum atomic E-state index is -1.21. The van der Waals surface area contributed by atoms with Gasteiger partial charge in [0.05, 0.1) is 24.0 Å². The normalized spacial score (nSPS) is 24.7. The summed E-state index contributed by atoms with van der Waals surface area (Å²) in [6, 6.07) is 13.6. The predicted octanol–water partition coefficient (Wildman–Crippen LogP) is 5.12. The maximum Gasteiger partial charge on any atom is 0.313 e. The van der Waals surface area contributed by atoms with Crippen LogP contribution in [0.3, 0.4) is 0 Å². The van der Waals surface area contributed by atoms with Crippen molar-refractivity contribution in [2.45, 2.75) is 95.6 Å². The summed E-state index contributed by atoms with van der Waals surface area (Å²) in [6.45, 7) is 13.9. The third-order valence-corrected chi connectivity index (χ3v) is 10.4. The van der Waals surface area contributed by atoms with E-state index in [2.05, 4.69) is 18.5 Å². The number of ether oxygens (including phenoxy) is 2. The molecule has 0 saturated carbocycles. The van der Waals surface area contributed by atoms with E-state index in [0.717, 1.165) is 16.8 Å². The number of rotatable bonds is 17. The van der Waals surface area contributed by atoms with Gasteiger partial charge in [0.1, 0.15) is 17.7 Å². The molecule has 1 spiro atoms. The Morgan fingerprint density at radius 1 is 1.08 bits per heavy atom. The predicted molar refractivity (Wildman–Crippen MR) is 191 cm³/mol. The molecule has 2 N–H and O–H groups in total. The molecule has 0 aliphatic carbocycles. The summed E-state index contributed by atoms with van der Waals surface area (Å²) in [5.74, 6) is -3.16. The minimum absolute atomic E-state index is 0.0387. The zero-order chi connectivity index (χ0) is 36.0. The minimum Gasteiger partial charge on any atom is -0.455 e. The number of carbonyl (C=O) groups excluding carboxylic acids is 4. The van der Waals surface area contributed by atoms with E-state index in [-0.39, 0.29) is 37.3 Å². The summed E-state index contributed by atoms with van der Waals surface area (Å²) in [6.07, 6.45) is 5.52. The van der Waals surface area contributed by atoms with E-state index in [0.29, 0.717) is 50.6 Å². The number of anilines is 1. The molecule has 7 atom stereocenters. The number of allylic oxidation sites excluding steroid dienone is 1. The fraction of sp³-hybridized carbons (Fsp3) is 0.500. The first kappa shape index (κ1) is 37.0. The quantitative estimate of drug-likeness (QED) is 0.135. The van der Waals surface area contributed by atoms with Crippen LogP contribution in [0.4, 0.5) is 5.69 Å². The SMILES string of the molecule is C=CCCC(=O)N[C@H](C)[C@@H](OC(=O)[C@@H]1[C@@H]2CC[C@]3(O2)[C@H](C(=O)N(CC=C)c2c(C)cccc2C)N(CCCCCO)C(=O)[C@@H]13)c1ccccc1. The van der Waals surface area contributed by atoms with Crippen molar-refractivity contribution in [2.24, 2.45) is 11.8 Å². The Morgan fingerprint density at radius 3 is 2.46 bits per heavy atom. The van der Waals surface area contributed by atoms with Crippen molar-refractivity contribution in [3.8, 4) is 0 Å². The van der Waals surface area contributed by atoms with Gasteiger partial charge in [0.25, 0.3) is 5.91 Å². The average molecular weight is 686 g/mol. The van der Waals surface area contributed by atoms with Crippen LogP contribution in [0.25, 0.3) is 0 Å². The number of amides is 3. The molecule has 0 aromatic heterocycles. The number of carbonyl (C=O) groups is 4. The summed E-state index contributed by atoms with van der Waals surface area (Å²) >= 11 is 0. The van der Waals surface area contributed by atoms with Gasteiger partial charge in [0.2, 0.25) is 11.8 Å². The Balaban J connectivity index is 1.49. The topological polar surface area (TPSA) is 125 Å².